The van der Waals surface area contributed by atoms with Crippen LogP contribution in [0.2, 0.25) is 0 Å². The molecule has 2 bridgehead atoms. The number of nitrogens with zero attached hydrogens (tertiary/aromatic N) is 1. The third-order valence-electron chi connectivity index (χ3n) is 9.98. The van der Waals surface area contributed by atoms with Crippen molar-refractivity contribution in [1.29, 1.82) is 0 Å². The van der Waals surface area contributed by atoms with Gasteiger partial charge in [0.2, 0.25) is 11.8 Å². The Kier molecular flexibility index (Phi) is 8.25. The number of hydrogen-bond donors (Lipinski definition) is 4. The number of amides is 2. The van der Waals surface area contributed by atoms with Gasteiger partial charge in [-0.3, -0.25) is 9.59 Å². The molecule has 1 aliphatic heterocycles. The van der Waals surface area contributed by atoms with Gasteiger partial charge < -0.3 is 35.0 Å². The molecular formula is C32H44N2O7. The Balaban J connectivity index is 1.57. The fraction of sp³-hybridized carbons (Fsp3) is 0.625. The van der Waals surface area contributed by atoms with Crippen molar-refractivity contribution in [1.82, 2.24) is 10.2 Å². The summed E-state index contributed by atoms with van der Waals surface area (Å²) in [5.41, 5.74) is 2.67. The molecule has 6 rings (SSSR count). The van der Waals surface area contributed by atoms with E-state index in [9.17, 15) is 24.9 Å². The number of rotatable bonds is 9. The molecule has 1 heterocycles. The summed E-state index contributed by atoms with van der Waals surface area (Å²) in [6, 6.07) is 2.65. The summed E-state index contributed by atoms with van der Waals surface area (Å²) in [5, 5.41) is 33.9. The first kappa shape index (κ1) is 29.6. The van der Waals surface area contributed by atoms with Crippen LogP contribution in [-0.4, -0.2) is 77.1 Å². The minimum atomic E-state index is -1.12. The van der Waals surface area contributed by atoms with Crippen molar-refractivity contribution in [3.8, 4) is 11.5 Å². The van der Waals surface area contributed by atoms with Crippen LogP contribution < -0.4 is 14.8 Å². The first-order chi connectivity index (χ1) is 19.5. The summed E-state index contributed by atoms with van der Waals surface area (Å²) in [4.78, 5) is 29.1. The third kappa shape index (κ3) is 5.17. The zero-order chi connectivity index (χ0) is 29.6. The van der Waals surface area contributed by atoms with Crippen LogP contribution in [0.1, 0.15) is 64.0 Å². The molecule has 4 N–H and O–H groups in total. The number of methoxy groups -OCH3 is 1. The number of carbonyl (C=O) groups is 2. The van der Waals surface area contributed by atoms with E-state index in [0.29, 0.717) is 46.6 Å². The van der Waals surface area contributed by atoms with Crippen LogP contribution in [0.3, 0.4) is 0 Å². The molecule has 0 saturated heterocycles. The van der Waals surface area contributed by atoms with Crippen LogP contribution in [0.15, 0.2) is 35.4 Å². The Labute approximate surface area is 242 Å². The van der Waals surface area contributed by atoms with Gasteiger partial charge in [-0.2, -0.15) is 0 Å². The quantitative estimate of drug-likeness (QED) is 0.337. The number of carbonyl (C=O) groups excluding carboxylic acids is 2. The fourth-order valence-electron chi connectivity index (χ4n) is 7.74. The van der Waals surface area contributed by atoms with E-state index < -0.39 is 30.1 Å². The van der Waals surface area contributed by atoms with Gasteiger partial charge in [-0.05, 0) is 80.1 Å². The second kappa shape index (κ2) is 11.4. The summed E-state index contributed by atoms with van der Waals surface area (Å²) in [7, 11) is 1.50. The lowest BCUT2D eigenvalue weighted by atomic mass is 9.45. The van der Waals surface area contributed by atoms with Gasteiger partial charge in [0, 0.05) is 30.3 Å². The fourth-order valence-corrected chi connectivity index (χ4v) is 7.74. The highest BCUT2D eigenvalue weighted by Crippen LogP contribution is 2.61. The largest absolute Gasteiger partial charge is 0.493 e. The van der Waals surface area contributed by atoms with Crippen LogP contribution in [0.5, 0.6) is 11.5 Å². The summed E-state index contributed by atoms with van der Waals surface area (Å²) < 4.78 is 11.9. The molecule has 5 aliphatic rings. The minimum absolute atomic E-state index is 0.0644. The molecule has 1 aromatic carbocycles. The van der Waals surface area contributed by atoms with Crippen LogP contribution >= 0.6 is 0 Å². The molecule has 9 nitrogen and oxygen atoms in total. The van der Waals surface area contributed by atoms with Crippen molar-refractivity contribution in [3.63, 3.8) is 0 Å². The number of aliphatic hydroxyl groups excluding tert-OH is 3. The number of aliphatic hydroxyl groups is 3. The Morgan fingerprint density at radius 2 is 1.98 bits per heavy atom. The average Bonchev–Trinajstić information content (AvgIpc) is 3.34. The summed E-state index contributed by atoms with van der Waals surface area (Å²) in [5.74, 6) is 1.09. The highest BCUT2D eigenvalue weighted by atomic mass is 16.5. The molecule has 7 atom stereocenters. The normalized spacial score (nSPS) is 30.5. The monoisotopic (exact) mass is 568 g/mol. The molecule has 4 aliphatic carbocycles. The number of ether oxygens (including phenoxy) is 2. The van der Waals surface area contributed by atoms with E-state index in [-0.39, 0.29) is 31.1 Å². The molecule has 224 valence electrons. The summed E-state index contributed by atoms with van der Waals surface area (Å²) in [6.45, 7) is 8.48. The van der Waals surface area contributed by atoms with E-state index in [1.807, 2.05) is 13.8 Å². The van der Waals surface area contributed by atoms with E-state index in [4.69, 9.17) is 9.47 Å². The molecule has 9 heteroatoms. The SMILES string of the molecule is COc1cc(CO)cc2c1O[C@@H]1[C@@H](O)[C@H](N(C[C@@H]3CC[C@H]4C[C@@H]3C4(C)C)C(=O)C=C(C)C)C=C(C(=O)NCCO)[C@H]21. The van der Waals surface area contributed by atoms with Crippen molar-refractivity contribution < 1.29 is 34.4 Å². The topological polar surface area (TPSA) is 129 Å². The molecule has 0 aromatic heterocycles. The number of fused-ring (bicyclic) bond motifs is 5. The van der Waals surface area contributed by atoms with Gasteiger partial charge in [-0.1, -0.05) is 19.4 Å². The maximum absolute atomic E-state index is 13.8. The van der Waals surface area contributed by atoms with Gasteiger partial charge >= 0.3 is 0 Å². The molecule has 0 spiro atoms. The van der Waals surface area contributed by atoms with Gasteiger partial charge in [0.15, 0.2) is 11.5 Å². The van der Waals surface area contributed by atoms with Gasteiger partial charge in [-0.15, -0.1) is 0 Å². The summed E-state index contributed by atoms with van der Waals surface area (Å²) in [6.07, 6.45) is 4.66. The molecule has 3 saturated carbocycles. The first-order valence-corrected chi connectivity index (χ1v) is 14.7. The lowest BCUT2D eigenvalue weighted by molar-refractivity contribution is -0.142. The van der Waals surface area contributed by atoms with E-state index in [1.165, 1.54) is 7.11 Å². The van der Waals surface area contributed by atoms with Crippen LogP contribution in [-0.2, 0) is 16.2 Å². The van der Waals surface area contributed by atoms with Crippen LogP contribution in [0, 0.1) is 23.2 Å². The predicted octanol–water partition coefficient (Wildman–Crippen LogP) is 2.68. The van der Waals surface area contributed by atoms with Gasteiger partial charge in [-0.25, -0.2) is 0 Å². The van der Waals surface area contributed by atoms with E-state index in [1.54, 1.807) is 29.2 Å². The Morgan fingerprint density at radius 3 is 2.59 bits per heavy atom. The van der Waals surface area contributed by atoms with E-state index >= 15 is 0 Å². The molecule has 0 unspecified atom stereocenters. The first-order valence-electron chi connectivity index (χ1n) is 14.7. The highest BCUT2D eigenvalue weighted by molar-refractivity contribution is 5.96. The lowest BCUT2D eigenvalue weighted by Gasteiger charge is -2.61. The lowest BCUT2D eigenvalue weighted by Crippen LogP contribution is -2.59. The van der Waals surface area contributed by atoms with Gasteiger partial charge in [0.1, 0.15) is 12.2 Å². The van der Waals surface area contributed by atoms with E-state index in [2.05, 4.69) is 19.2 Å². The number of allylic oxidation sites excluding steroid dienone is 1. The Bertz CT molecular complexity index is 1250. The van der Waals surface area contributed by atoms with Gasteiger partial charge in [0.05, 0.1) is 32.3 Å². The number of hydrogen-bond acceptors (Lipinski definition) is 7. The van der Waals surface area contributed by atoms with Crippen molar-refractivity contribution >= 4 is 11.8 Å². The Morgan fingerprint density at radius 1 is 1.22 bits per heavy atom. The average molecular weight is 569 g/mol. The molecule has 2 amide bonds. The number of benzene rings is 1. The third-order valence-corrected chi connectivity index (χ3v) is 9.98. The molecule has 1 aromatic rings. The highest BCUT2D eigenvalue weighted by Gasteiger charge is 2.56. The van der Waals surface area contributed by atoms with Crippen molar-refractivity contribution in [2.45, 2.75) is 77.7 Å². The van der Waals surface area contributed by atoms with Crippen molar-refractivity contribution in [2.75, 3.05) is 26.8 Å². The summed E-state index contributed by atoms with van der Waals surface area (Å²) >= 11 is 0. The second-order valence-corrected chi connectivity index (χ2v) is 12.9. The molecule has 3 fully saturated rings. The standard InChI is InChI=1S/C32H44N2O7/c1-17(2)10-26(37)34(15-19-6-7-20-13-23(19)32(20,3)4)24-14-22(31(39)33-8-9-35)27-21-11-18(16-36)12-25(40-5)29(21)41-30(27)28(24)38/h10-12,14,19-20,23-24,27-28,30,35-36,38H,6-9,13,15-16H2,1-5H3,(H,33,39)/t19-,20-,23-,24+,27-,28-,30-/m0/s1. The van der Waals surface area contributed by atoms with Crippen molar-refractivity contribution in [2.24, 2.45) is 23.2 Å². The maximum Gasteiger partial charge on any atom is 0.247 e. The molecular weight excluding hydrogens is 524 g/mol. The maximum atomic E-state index is 13.8. The smallest absolute Gasteiger partial charge is 0.247 e. The molecule has 41 heavy (non-hydrogen) atoms. The van der Waals surface area contributed by atoms with Gasteiger partial charge in [0.25, 0.3) is 0 Å². The zero-order valence-corrected chi connectivity index (χ0v) is 24.7. The minimum Gasteiger partial charge on any atom is -0.493 e. The Hall–Kier alpha value is -2.88. The second-order valence-electron chi connectivity index (χ2n) is 12.9. The van der Waals surface area contributed by atoms with Crippen LogP contribution in [0.4, 0.5) is 0 Å². The zero-order valence-electron chi connectivity index (χ0n) is 24.7. The number of nitrogens with one attached hydrogen (secondary N) is 1. The van der Waals surface area contributed by atoms with Crippen molar-refractivity contribution in [3.05, 3.63) is 46.6 Å². The molecule has 0 radical (unpaired) electrons. The predicted molar refractivity (Wildman–Crippen MR) is 153 cm³/mol. The van der Waals surface area contributed by atoms with E-state index in [0.717, 1.165) is 30.8 Å². The van der Waals surface area contributed by atoms with Crippen LogP contribution in [0.25, 0.3) is 0 Å².